The van der Waals surface area contributed by atoms with E-state index < -0.39 is 0 Å². The Bertz CT molecular complexity index is 605. The smallest absolute Gasteiger partial charge is 0.315 e. The number of rotatable bonds is 5. The lowest BCUT2D eigenvalue weighted by molar-refractivity contribution is 0.236. The topological polar surface area (TPSA) is 85.0 Å². The summed E-state index contributed by atoms with van der Waals surface area (Å²) in [5.74, 6) is 2.69. The first-order valence-electron chi connectivity index (χ1n) is 7.20. The molecule has 1 aliphatic rings. The Morgan fingerprint density at radius 2 is 2.43 bits per heavy atom. The maximum absolute atomic E-state index is 11.9. The molecule has 0 unspecified atom stereocenters. The molecule has 21 heavy (non-hydrogen) atoms. The average molecular weight is 289 g/mol. The number of carbonyl (C=O) groups excluding carboxylic acids is 1. The van der Waals surface area contributed by atoms with Gasteiger partial charge in [-0.2, -0.15) is 0 Å². The van der Waals surface area contributed by atoms with Gasteiger partial charge in [0, 0.05) is 25.4 Å². The van der Waals surface area contributed by atoms with Crippen LogP contribution >= 0.6 is 0 Å². The minimum atomic E-state index is -0.204. The normalized spacial score (nSPS) is 14.7. The Balaban J connectivity index is 1.45. The summed E-state index contributed by atoms with van der Waals surface area (Å²) in [4.78, 5) is 11.9. The zero-order valence-corrected chi connectivity index (χ0v) is 12.0. The van der Waals surface area contributed by atoms with Gasteiger partial charge in [-0.1, -0.05) is 0 Å². The monoisotopic (exact) mass is 289 g/mol. The average Bonchev–Trinajstić information content (AvgIpc) is 3.13. The van der Waals surface area contributed by atoms with E-state index in [2.05, 4.69) is 25.4 Å². The molecular formula is C14H19N5O2. The quantitative estimate of drug-likeness (QED) is 0.867. The van der Waals surface area contributed by atoms with Gasteiger partial charge in [-0.25, -0.2) is 4.79 Å². The van der Waals surface area contributed by atoms with E-state index in [4.69, 9.17) is 4.42 Å². The zero-order chi connectivity index (χ0) is 14.7. The first-order chi connectivity index (χ1) is 10.2. The summed E-state index contributed by atoms with van der Waals surface area (Å²) in [5.41, 5.74) is 0. The predicted molar refractivity (Wildman–Crippen MR) is 75.6 cm³/mol. The molecule has 0 radical (unpaired) electrons. The minimum absolute atomic E-state index is 0.000245. The molecule has 1 aliphatic heterocycles. The van der Waals surface area contributed by atoms with Crippen molar-refractivity contribution >= 4 is 6.03 Å². The lowest BCUT2D eigenvalue weighted by atomic mass is 10.2. The van der Waals surface area contributed by atoms with Crippen molar-refractivity contribution in [2.24, 2.45) is 0 Å². The first kappa shape index (κ1) is 13.7. The number of amides is 2. The molecule has 7 heteroatoms. The van der Waals surface area contributed by atoms with Gasteiger partial charge in [0.2, 0.25) is 0 Å². The van der Waals surface area contributed by atoms with Crippen LogP contribution in [-0.2, 0) is 25.9 Å². The number of furan rings is 1. The molecule has 0 saturated carbocycles. The molecule has 2 N–H and O–H groups in total. The summed E-state index contributed by atoms with van der Waals surface area (Å²) in [6.07, 6.45) is 4.37. The first-order valence-corrected chi connectivity index (χ1v) is 7.20. The highest BCUT2D eigenvalue weighted by Crippen LogP contribution is 2.13. The number of aromatic nitrogens is 3. The molecule has 2 amide bonds. The summed E-state index contributed by atoms with van der Waals surface area (Å²) in [6, 6.07) is 3.54. The molecule has 7 nitrogen and oxygen atoms in total. The van der Waals surface area contributed by atoms with Crippen LogP contribution in [0.5, 0.6) is 0 Å². The number of carbonyl (C=O) groups is 1. The third-order valence-corrected chi connectivity index (χ3v) is 3.56. The van der Waals surface area contributed by atoms with Gasteiger partial charge in [0.25, 0.3) is 0 Å². The molecule has 0 aliphatic carbocycles. The Morgan fingerprint density at radius 1 is 1.52 bits per heavy atom. The fourth-order valence-corrected chi connectivity index (χ4v) is 2.56. The van der Waals surface area contributed by atoms with E-state index in [0.29, 0.717) is 13.0 Å². The van der Waals surface area contributed by atoms with Crippen molar-refractivity contribution in [1.82, 2.24) is 25.4 Å². The molecule has 3 rings (SSSR count). The number of nitrogens with one attached hydrogen (secondary N) is 2. The summed E-state index contributed by atoms with van der Waals surface area (Å²) < 4.78 is 7.34. The van der Waals surface area contributed by atoms with Crippen LogP contribution in [-0.4, -0.2) is 26.8 Å². The van der Waals surface area contributed by atoms with Gasteiger partial charge in [-0.3, -0.25) is 0 Å². The van der Waals surface area contributed by atoms with Crippen LogP contribution in [0.1, 0.15) is 30.8 Å². The van der Waals surface area contributed by atoms with Crippen LogP contribution in [0.2, 0.25) is 0 Å². The lowest BCUT2D eigenvalue weighted by Crippen LogP contribution is -2.41. The Labute approximate surface area is 122 Å². The summed E-state index contributed by atoms with van der Waals surface area (Å²) in [6.45, 7) is 3.28. The van der Waals surface area contributed by atoms with Crippen molar-refractivity contribution < 1.29 is 9.21 Å². The standard InChI is InChI=1S/C14H19N5O2/c1-10(8-11-4-3-7-21-11)16-14(20)15-9-13-18-17-12-5-2-6-19(12)13/h3-4,7,10H,2,5-6,8-9H2,1H3,(H2,15,16,20)/t10-/m1/s1. The molecule has 1 atom stereocenters. The zero-order valence-electron chi connectivity index (χ0n) is 12.0. The Hall–Kier alpha value is -2.31. The molecule has 0 bridgehead atoms. The molecule has 0 saturated heterocycles. The number of hydrogen-bond acceptors (Lipinski definition) is 4. The van der Waals surface area contributed by atoms with Crippen molar-refractivity contribution in [3.05, 3.63) is 35.8 Å². The van der Waals surface area contributed by atoms with E-state index in [9.17, 15) is 4.79 Å². The van der Waals surface area contributed by atoms with Crippen LogP contribution in [0.3, 0.4) is 0 Å². The summed E-state index contributed by atoms with van der Waals surface area (Å²) in [5, 5.41) is 13.9. The molecule has 0 aromatic carbocycles. The highest BCUT2D eigenvalue weighted by atomic mass is 16.3. The van der Waals surface area contributed by atoms with Gasteiger partial charge in [0.15, 0.2) is 5.82 Å². The molecule has 0 spiro atoms. The highest BCUT2D eigenvalue weighted by molar-refractivity contribution is 5.74. The van der Waals surface area contributed by atoms with Crippen LogP contribution in [0, 0.1) is 0 Å². The van der Waals surface area contributed by atoms with E-state index in [1.807, 2.05) is 19.1 Å². The second kappa shape index (κ2) is 5.99. The van der Waals surface area contributed by atoms with Gasteiger partial charge < -0.3 is 19.6 Å². The number of urea groups is 1. The molecule has 0 fully saturated rings. The second-order valence-corrected chi connectivity index (χ2v) is 5.30. The third kappa shape index (κ3) is 3.24. The summed E-state index contributed by atoms with van der Waals surface area (Å²) in [7, 11) is 0. The van der Waals surface area contributed by atoms with Gasteiger partial charge in [-0.15, -0.1) is 10.2 Å². The maximum atomic E-state index is 11.9. The van der Waals surface area contributed by atoms with Gasteiger partial charge in [0.05, 0.1) is 12.8 Å². The number of hydrogen-bond donors (Lipinski definition) is 2. The largest absolute Gasteiger partial charge is 0.469 e. The van der Waals surface area contributed by atoms with Crippen molar-refractivity contribution in [3.8, 4) is 0 Å². The van der Waals surface area contributed by atoms with Crippen LogP contribution in [0.25, 0.3) is 0 Å². The van der Waals surface area contributed by atoms with Gasteiger partial charge in [0.1, 0.15) is 11.6 Å². The predicted octanol–water partition coefficient (Wildman–Crippen LogP) is 1.25. The number of fused-ring (bicyclic) bond motifs is 1. The second-order valence-electron chi connectivity index (χ2n) is 5.30. The van der Waals surface area contributed by atoms with Crippen molar-refractivity contribution in [2.45, 2.75) is 45.3 Å². The van der Waals surface area contributed by atoms with E-state index in [0.717, 1.165) is 36.8 Å². The van der Waals surface area contributed by atoms with Gasteiger partial charge >= 0.3 is 6.03 Å². The third-order valence-electron chi connectivity index (χ3n) is 3.56. The van der Waals surface area contributed by atoms with E-state index in [1.54, 1.807) is 6.26 Å². The minimum Gasteiger partial charge on any atom is -0.469 e. The molecule has 2 aromatic heterocycles. The molecular weight excluding hydrogens is 270 g/mol. The highest BCUT2D eigenvalue weighted by Gasteiger charge is 2.17. The lowest BCUT2D eigenvalue weighted by Gasteiger charge is -2.13. The fourth-order valence-electron chi connectivity index (χ4n) is 2.56. The number of aryl methyl sites for hydroxylation is 1. The molecule has 3 heterocycles. The van der Waals surface area contributed by atoms with Crippen molar-refractivity contribution in [3.63, 3.8) is 0 Å². The molecule has 112 valence electrons. The molecule has 2 aromatic rings. The fraction of sp³-hybridized carbons (Fsp3) is 0.500. The van der Waals surface area contributed by atoms with Crippen molar-refractivity contribution in [2.75, 3.05) is 0 Å². The van der Waals surface area contributed by atoms with Crippen molar-refractivity contribution in [1.29, 1.82) is 0 Å². The number of nitrogens with zero attached hydrogens (tertiary/aromatic N) is 3. The Kier molecular flexibility index (Phi) is 3.89. The van der Waals surface area contributed by atoms with E-state index in [1.165, 1.54) is 0 Å². The van der Waals surface area contributed by atoms with Crippen LogP contribution < -0.4 is 10.6 Å². The van der Waals surface area contributed by atoms with Gasteiger partial charge in [-0.05, 0) is 25.5 Å². The van der Waals surface area contributed by atoms with E-state index >= 15 is 0 Å². The van der Waals surface area contributed by atoms with Crippen LogP contribution in [0.4, 0.5) is 4.79 Å². The summed E-state index contributed by atoms with van der Waals surface area (Å²) >= 11 is 0. The van der Waals surface area contributed by atoms with E-state index in [-0.39, 0.29) is 12.1 Å². The van der Waals surface area contributed by atoms with Crippen LogP contribution in [0.15, 0.2) is 22.8 Å². The Morgan fingerprint density at radius 3 is 3.24 bits per heavy atom. The maximum Gasteiger partial charge on any atom is 0.315 e. The SMILES string of the molecule is C[C@H](Cc1ccco1)NC(=O)NCc1nnc2n1CCC2.